The molecule has 186 valence electrons. The van der Waals surface area contributed by atoms with Gasteiger partial charge >= 0.3 is 0 Å². The zero-order valence-electron chi connectivity index (χ0n) is 20.2. The molecule has 0 aliphatic carbocycles. The number of piperazine rings is 1. The van der Waals surface area contributed by atoms with Gasteiger partial charge in [0.25, 0.3) is 11.5 Å². The van der Waals surface area contributed by atoms with E-state index < -0.39 is 0 Å². The minimum atomic E-state index is -0.196. The summed E-state index contributed by atoms with van der Waals surface area (Å²) in [5, 5.41) is 0. The minimum Gasteiger partial charge on any atom is -0.497 e. The first-order chi connectivity index (χ1) is 17.4. The number of amides is 1. The number of carbonyl (C=O) groups excluding carboxylic acids is 1. The largest absolute Gasteiger partial charge is 0.497 e. The minimum absolute atomic E-state index is 0.180. The predicted molar refractivity (Wildman–Crippen MR) is 148 cm³/mol. The third kappa shape index (κ3) is 4.88. The number of ether oxygens (including phenoxy) is 1. The molecule has 2 aliphatic heterocycles. The molecule has 3 aromatic rings. The number of rotatable bonds is 6. The third-order valence-corrected chi connectivity index (χ3v) is 7.86. The van der Waals surface area contributed by atoms with Crippen molar-refractivity contribution >= 4 is 51.7 Å². The Kier molecular flexibility index (Phi) is 7.08. The van der Waals surface area contributed by atoms with Crippen LogP contribution in [-0.2, 0) is 11.2 Å². The molecule has 0 atom stereocenters. The van der Waals surface area contributed by atoms with Gasteiger partial charge < -0.3 is 14.5 Å². The van der Waals surface area contributed by atoms with Gasteiger partial charge in [-0.15, -0.1) is 0 Å². The Labute approximate surface area is 219 Å². The van der Waals surface area contributed by atoms with E-state index in [0.717, 1.165) is 37.5 Å². The normalized spacial score (nSPS) is 18.0. The van der Waals surface area contributed by atoms with Crippen LogP contribution in [0.1, 0.15) is 11.1 Å². The molecule has 1 aromatic carbocycles. The van der Waals surface area contributed by atoms with Crippen molar-refractivity contribution in [2.24, 2.45) is 0 Å². The van der Waals surface area contributed by atoms with Crippen molar-refractivity contribution < 1.29 is 9.53 Å². The molecule has 0 bridgehead atoms. The van der Waals surface area contributed by atoms with E-state index >= 15 is 0 Å². The second-order valence-electron chi connectivity index (χ2n) is 8.80. The lowest BCUT2D eigenvalue weighted by molar-refractivity contribution is -0.122. The van der Waals surface area contributed by atoms with Crippen LogP contribution in [0.5, 0.6) is 5.75 Å². The number of hydrogen-bond donors (Lipinski definition) is 0. The number of thiocarbonyl (C=S) groups is 1. The van der Waals surface area contributed by atoms with Gasteiger partial charge in [-0.1, -0.05) is 42.2 Å². The molecular weight excluding hydrogens is 494 g/mol. The van der Waals surface area contributed by atoms with Crippen molar-refractivity contribution in [3.05, 3.63) is 75.0 Å². The summed E-state index contributed by atoms with van der Waals surface area (Å²) in [5.74, 6) is 1.22. The second-order valence-corrected chi connectivity index (χ2v) is 10.5. The van der Waals surface area contributed by atoms with Gasteiger partial charge in [-0.2, -0.15) is 0 Å². The summed E-state index contributed by atoms with van der Waals surface area (Å²) in [6.45, 7) is 3.74. The van der Waals surface area contributed by atoms with Gasteiger partial charge in [0.05, 0.1) is 17.6 Å². The van der Waals surface area contributed by atoms with Crippen LogP contribution in [0.15, 0.2) is 58.4 Å². The van der Waals surface area contributed by atoms with E-state index in [4.69, 9.17) is 21.9 Å². The Hall–Kier alpha value is -3.21. The number of methoxy groups -OCH3 is 1. The smallest absolute Gasteiger partial charge is 0.267 e. The number of anilines is 1. The zero-order valence-corrected chi connectivity index (χ0v) is 21.8. The number of likely N-dealkylation sites (N-methyl/N-ethyl adjacent to an activating group) is 1. The van der Waals surface area contributed by atoms with Crippen molar-refractivity contribution in [1.29, 1.82) is 0 Å². The Morgan fingerprint density at radius 3 is 2.56 bits per heavy atom. The Bertz CT molecular complexity index is 1390. The van der Waals surface area contributed by atoms with Crippen LogP contribution < -0.4 is 15.2 Å². The second kappa shape index (κ2) is 10.4. The van der Waals surface area contributed by atoms with Crippen molar-refractivity contribution in [3.8, 4) is 5.75 Å². The van der Waals surface area contributed by atoms with Gasteiger partial charge in [0.2, 0.25) is 0 Å². The molecular formula is C26H27N5O3S2. The summed E-state index contributed by atoms with van der Waals surface area (Å²) in [6.07, 6.45) is 4.04. The van der Waals surface area contributed by atoms with E-state index in [1.165, 1.54) is 16.2 Å². The summed E-state index contributed by atoms with van der Waals surface area (Å²) in [7, 11) is 3.71. The number of thioether (sulfide) groups is 1. The Morgan fingerprint density at radius 1 is 1.08 bits per heavy atom. The molecule has 36 heavy (non-hydrogen) atoms. The van der Waals surface area contributed by atoms with E-state index in [-0.39, 0.29) is 11.5 Å². The molecule has 8 nitrogen and oxygen atoms in total. The maximum absolute atomic E-state index is 13.5. The van der Waals surface area contributed by atoms with Crippen LogP contribution in [-0.4, -0.2) is 76.3 Å². The van der Waals surface area contributed by atoms with E-state index in [2.05, 4.69) is 16.8 Å². The highest BCUT2D eigenvalue weighted by Gasteiger charge is 2.33. The lowest BCUT2D eigenvalue weighted by atomic mass is 10.1. The highest BCUT2D eigenvalue weighted by atomic mass is 32.2. The van der Waals surface area contributed by atoms with Gasteiger partial charge in [0, 0.05) is 38.9 Å². The number of aromatic nitrogens is 2. The highest BCUT2D eigenvalue weighted by molar-refractivity contribution is 8.26. The molecule has 0 spiro atoms. The molecule has 0 unspecified atom stereocenters. The van der Waals surface area contributed by atoms with Gasteiger partial charge in [-0.05, 0) is 49.4 Å². The van der Waals surface area contributed by atoms with Crippen LogP contribution in [0.25, 0.3) is 11.7 Å². The Morgan fingerprint density at radius 2 is 1.83 bits per heavy atom. The first-order valence-electron chi connectivity index (χ1n) is 11.8. The summed E-state index contributed by atoms with van der Waals surface area (Å²) in [4.78, 5) is 38.1. The molecule has 0 radical (unpaired) electrons. The van der Waals surface area contributed by atoms with Crippen molar-refractivity contribution in [2.45, 2.75) is 6.42 Å². The third-order valence-electron chi connectivity index (χ3n) is 6.48. The van der Waals surface area contributed by atoms with Gasteiger partial charge in [-0.25, -0.2) is 4.98 Å². The zero-order chi connectivity index (χ0) is 25.2. The number of benzene rings is 1. The predicted octanol–water partition coefficient (Wildman–Crippen LogP) is 2.90. The molecule has 0 N–H and O–H groups in total. The maximum atomic E-state index is 13.5. The molecule has 10 heteroatoms. The molecule has 5 rings (SSSR count). The van der Waals surface area contributed by atoms with Crippen molar-refractivity contribution in [2.75, 3.05) is 51.8 Å². The van der Waals surface area contributed by atoms with Crippen LogP contribution in [0.4, 0.5) is 5.82 Å². The molecule has 2 fully saturated rings. The topological polar surface area (TPSA) is 70.4 Å². The van der Waals surface area contributed by atoms with Crippen molar-refractivity contribution in [1.82, 2.24) is 19.2 Å². The average molecular weight is 522 g/mol. The molecule has 2 saturated heterocycles. The lowest BCUT2D eigenvalue weighted by Gasteiger charge is -2.34. The number of fused-ring (bicyclic) bond motifs is 1. The number of carbonyl (C=O) groups is 1. The van der Waals surface area contributed by atoms with Crippen LogP contribution in [0, 0.1) is 0 Å². The fourth-order valence-electron chi connectivity index (χ4n) is 4.33. The molecule has 4 heterocycles. The fourth-order valence-corrected chi connectivity index (χ4v) is 5.62. The first-order valence-corrected chi connectivity index (χ1v) is 13.0. The average Bonchev–Trinajstić information content (AvgIpc) is 3.17. The lowest BCUT2D eigenvalue weighted by Crippen LogP contribution is -2.45. The van der Waals surface area contributed by atoms with E-state index in [9.17, 15) is 9.59 Å². The number of pyridine rings is 1. The monoisotopic (exact) mass is 521 g/mol. The standard InChI is InChI=1S/C26H27N5O3S2/c1-28-13-15-29(16-14-28)23-20(24(32)30-11-4-3-5-22(30)27-23)17-21-25(33)31(26(35)36-21)12-10-18-6-8-19(34-2)9-7-18/h3-9,11,17H,10,12-16H2,1-2H3. The van der Waals surface area contributed by atoms with E-state index in [0.29, 0.717) is 39.2 Å². The van der Waals surface area contributed by atoms with E-state index in [1.807, 2.05) is 36.4 Å². The van der Waals surface area contributed by atoms with Crippen molar-refractivity contribution in [3.63, 3.8) is 0 Å². The summed E-state index contributed by atoms with van der Waals surface area (Å²) in [6, 6.07) is 13.3. The molecule has 2 aromatic heterocycles. The molecule has 0 saturated carbocycles. The van der Waals surface area contributed by atoms with Gasteiger partial charge in [0.1, 0.15) is 21.5 Å². The SMILES string of the molecule is COc1ccc(CCN2C(=O)C(=Cc3c(N4CCN(C)CC4)nc4ccccn4c3=O)SC2=S)cc1. The summed E-state index contributed by atoms with van der Waals surface area (Å²) in [5.41, 5.74) is 1.89. The van der Waals surface area contributed by atoms with Crippen LogP contribution in [0.2, 0.25) is 0 Å². The quantitative estimate of drug-likeness (QED) is 0.362. The summed E-state index contributed by atoms with van der Waals surface area (Å²) < 4.78 is 7.23. The molecule has 1 amide bonds. The highest BCUT2D eigenvalue weighted by Crippen LogP contribution is 2.33. The van der Waals surface area contributed by atoms with Gasteiger partial charge in [-0.3, -0.25) is 18.9 Å². The number of hydrogen-bond acceptors (Lipinski definition) is 8. The number of nitrogens with zero attached hydrogens (tertiary/aromatic N) is 5. The first kappa shape index (κ1) is 24.5. The molecule has 2 aliphatic rings. The van der Waals surface area contributed by atoms with Gasteiger partial charge in [0.15, 0.2) is 0 Å². The summed E-state index contributed by atoms with van der Waals surface area (Å²) >= 11 is 6.77. The maximum Gasteiger partial charge on any atom is 0.267 e. The van der Waals surface area contributed by atoms with Crippen LogP contribution >= 0.6 is 24.0 Å². The van der Waals surface area contributed by atoms with Crippen LogP contribution in [0.3, 0.4) is 0 Å². The fraction of sp³-hybridized carbons (Fsp3) is 0.308. The van der Waals surface area contributed by atoms with E-state index in [1.54, 1.807) is 30.3 Å². The Balaban J connectivity index is 1.45.